The van der Waals surface area contributed by atoms with Gasteiger partial charge in [-0.3, -0.25) is 4.79 Å². The summed E-state index contributed by atoms with van der Waals surface area (Å²) in [5.41, 5.74) is 0. The van der Waals surface area contributed by atoms with E-state index in [0.717, 1.165) is 9.77 Å². The molecule has 3 aromatic rings. The molecule has 0 spiro atoms. The highest BCUT2D eigenvalue weighted by molar-refractivity contribution is 8.00. The Kier molecular flexibility index (Phi) is 4.10. The molecule has 0 unspecified atom stereocenters. The highest BCUT2D eigenvalue weighted by Gasteiger charge is 2.09. The molecule has 1 heterocycles. The first-order chi connectivity index (χ1) is 9.72. The minimum atomic E-state index is 0.125. The molecule has 0 aliphatic rings. The number of hydrogen-bond acceptors (Lipinski definition) is 3. The van der Waals surface area contributed by atoms with Gasteiger partial charge in [-0.05, 0) is 35.0 Å². The number of rotatable bonds is 4. The molecule has 0 aliphatic carbocycles. The van der Waals surface area contributed by atoms with Gasteiger partial charge < -0.3 is 0 Å². The van der Waals surface area contributed by atoms with Gasteiger partial charge in [0.15, 0.2) is 5.78 Å². The van der Waals surface area contributed by atoms with Crippen LogP contribution in [0.1, 0.15) is 9.67 Å². The minimum absolute atomic E-state index is 0.125. The molecule has 0 fully saturated rings. The van der Waals surface area contributed by atoms with Gasteiger partial charge in [0.2, 0.25) is 0 Å². The number of Topliss-reactive ketones (excluding diaryl/α,β-unsaturated/α-hetero) is 1. The third-order valence-electron chi connectivity index (χ3n) is 2.94. The average Bonchev–Trinajstić information content (AvgIpc) is 2.91. The minimum Gasteiger partial charge on any atom is -0.292 e. The fourth-order valence-corrected chi connectivity index (χ4v) is 3.84. The van der Waals surface area contributed by atoms with Crippen molar-refractivity contribution in [3.8, 4) is 0 Å². The molecule has 0 bridgehead atoms. The zero-order valence-electron chi connectivity index (χ0n) is 10.5. The summed E-state index contributed by atoms with van der Waals surface area (Å²) in [6, 6.07) is 18.0. The molecular weight excluding hydrogens is 308 g/mol. The second-order valence-corrected chi connectivity index (χ2v) is 7.09. The first-order valence-electron chi connectivity index (χ1n) is 6.12. The fourth-order valence-electron chi connectivity index (χ4n) is 1.94. The normalized spacial score (nSPS) is 10.8. The van der Waals surface area contributed by atoms with E-state index in [1.807, 2.05) is 12.1 Å². The number of thioether (sulfide) groups is 1. The first kappa shape index (κ1) is 13.7. The number of ketones is 1. The van der Waals surface area contributed by atoms with Crippen molar-refractivity contribution in [2.24, 2.45) is 0 Å². The zero-order chi connectivity index (χ0) is 13.9. The molecule has 0 saturated carbocycles. The van der Waals surface area contributed by atoms with Crippen LogP contribution in [0, 0.1) is 0 Å². The van der Waals surface area contributed by atoms with Crippen molar-refractivity contribution in [3.05, 3.63) is 63.8 Å². The van der Waals surface area contributed by atoms with Crippen molar-refractivity contribution in [3.63, 3.8) is 0 Å². The molecule has 100 valence electrons. The van der Waals surface area contributed by atoms with E-state index in [1.54, 1.807) is 23.9 Å². The summed E-state index contributed by atoms with van der Waals surface area (Å²) in [5, 5.41) is 2.41. The van der Waals surface area contributed by atoms with E-state index in [-0.39, 0.29) is 5.78 Å². The number of hydrogen-bond donors (Lipinski definition) is 0. The molecule has 2 aromatic carbocycles. The van der Waals surface area contributed by atoms with Crippen LogP contribution >= 0.6 is 34.7 Å². The van der Waals surface area contributed by atoms with Crippen LogP contribution in [0.4, 0.5) is 0 Å². The molecule has 0 radical (unpaired) electrons. The van der Waals surface area contributed by atoms with E-state index >= 15 is 0 Å². The number of halogens is 1. The summed E-state index contributed by atoms with van der Waals surface area (Å²) in [5.74, 6) is 0.565. The van der Waals surface area contributed by atoms with E-state index in [9.17, 15) is 4.79 Å². The predicted octanol–water partition coefficient (Wildman–Crippen LogP) is 5.53. The molecule has 4 heteroatoms. The molecule has 0 aliphatic heterocycles. The Morgan fingerprint density at radius 3 is 2.60 bits per heavy atom. The summed E-state index contributed by atoms with van der Waals surface area (Å²) in [7, 11) is 0. The fraction of sp³-hybridized carbons (Fsp3) is 0.0625. The van der Waals surface area contributed by atoms with Crippen LogP contribution in [-0.4, -0.2) is 11.5 Å². The van der Waals surface area contributed by atoms with E-state index in [4.69, 9.17) is 11.6 Å². The van der Waals surface area contributed by atoms with E-state index in [0.29, 0.717) is 10.1 Å². The maximum absolute atomic E-state index is 12.0. The van der Waals surface area contributed by atoms with Gasteiger partial charge in [-0.1, -0.05) is 41.9 Å². The Morgan fingerprint density at radius 2 is 1.85 bits per heavy atom. The maximum Gasteiger partial charge on any atom is 0.183 e. The number of thiophene rings is 1. The number of fused-ring (bicyclic) bond motifs is 1. The zero-order valence-corrected chi connectivity index (χ0v) is 12.9. The van der Waals surface area contributed by atoms with Crippen LogP contribution in [0.5, 0.6) is 0 Å². The molecule has 0 amide bonds. The van der Waals surface area contributed by atoms with Gasteiger partial charge in [0.25, 0.3) is 0 Å². The highest BCUT2D eigenvalue weighted by Crippen LogP contribution is 2.27. The lowest BCUT2D eigenvalue weighted by Crippen LogP contribution is -1.98. The smallest absolute Gasteiger partial charge is 0.183 e. The second kappa shape index (κ2) is 6.00. The van der Waals surface area contributed by atoms with Gasteiger partial charge in [0.1, 0.15) is 0 Å². The predicted molar refractivity (Wildman–Crippen MR) is 88.3 cm³/mol. The van der Waals surface area contributed by atoms with Crippen molar-refractivity contribution in [2.45, 2.75) is 4.90 Å². The van der Waals surface area contributed by atoms with Gasteiger partial charge in [0, 0.05) is 4.90 Å². The van der Waals surface area contributed by atoms with E-state index in [2.05, 4.69) is 30.3 Å². The van der Waals surface area contributed by atoms with Gasteiger partial charge in [-0.25, -0.2) is 0 Å². The van der Waals surface area contributed by atoms with Crippen molar-refractivity contribution in [2.75, 3.05) is 5.75 Å². The lowest BCUT2D eigenvalue weighted by molar-refractivity contribution is 0.102. The number of carbonyl (C=O) groups excluding carboxylic acids is 1. The van der Waals surface area contributed by atoms with Crippen LogP contribution in [0.2, 0.25) is 4.34 Å². The third kappa shape index (κ3) is 3.06. The maximum atomic E-state index is 12.0. The number of benzene rings is 2. The van der Waals surface area contributed by atoms with Gasteiger partial charge in [0.05, 0.1) is 15.0 Å². The average molecular weight is 319 g/mol. The molecule has 1 aromatic heterocycles. The SMILES string of the molecule is O=C(CSc1ccc2ccccc2c1)c1ccc(Cl)s1. The second-order valence-electron chi connectivity index (χ2n) is 4.32. The summed E-state index contributed by atoms with van der Waals surface area (Å²) >= 11 is 8.74. The largest absolute Gasteiger partial charge is 0.292 e. The summed E-state index contributed by atoms with van der Waals surface area (Å²) in [6.45, 7) is 0. The van der Waals surface area contributed by atoms with Crippen molar-refractivity contribution < 1.29 is 4.79 Å². The lowest BCUT2D eigenvalue weighted by atomic mass is 10.1. The Hall–Kier alpha value is -1.29. The summed E-state index contributed by atoms with van der Waals surface area (Å²) in [6.07, 6.45) is 0. The van der Waals surface area contributed by atoms with E-state index in [1.165, 1.54) is 22.1 Å². The quantitative estimate of drug-likeness (QED) is 0.465. The van der Waals surface area contributed by atoms with Crippen LogP contribution in [0.3, 0.4) is 0 Å². The van der Waals surface area contributed by atoms with Gasteiger partial charge in [-0.2, -0.15) is 0 Å². The van der Waals surface area contributed by atoms with Crippen molar-refractivity contribution in [1.29, 1.82) is 0 Å². The Morgan fingerprint density at radius 1 is 1.05 bits per heavy atom. The molecule has 3 rings (SSSR count). The van der Waals surface area contributed by atoms with Gasteiger partial charge >= 0.3 is 0 Å². The number of carbonyl (C=O) groups is 1. The van der Waals surface area contributed by atoms with Crippen molar-refractivity contribution >= 4 is 51.3 Å². The summed E-state index contributed by atoms with van der Waals surface area (Å²) < 4.78 is 0.657. The Balaban J connectivity index is 1.72. The van der Waals surface area contributed by atoms with Crippen LogP contribution < -0.4 is 0 Å². The highest BCUT2D eigenvalue weighted by atomic mass is 35.5. The standard InChI is InChI=1S/C16H11ClOS2/c17-16-8-7-15(20-16)14(18)10-19-13-6-5-11-3-1-2-4-12(11)9-13/h1-9H,10H2. The molecular formula is C16H11ClOS2. The molecule has 0 saturated heterocycles. The first-order valence-corrected chi connectivity index (χ1v) is 8.30. The van der Waals surface area contributed by atoms with Crippen LogP contribution in [0.15, 0.2) is 59.5 Å². The monoisotopic (exact) mass is 318 g/mol. The molecule has 0 atom stereocenters. The van der Waals surface area contributed by atoms with Crippen LogP contribution in [-0.2, 0) is 0 Å². The topological polar surface area (TPSA) is 17.1 Å². The summed E-state index contributed by atoms with van der Waals surface area (Å²) in [4.78, 5) is 13.9. The molecule has 0 N–H and O–H groups in total. The Bertz CT molecular complexity index is 764. The molecule has 1 nitrogen and oxygen atoms in total. The molecule has 20 heavy (non-hydrogen) atoms. The Labute approximate surface area is 130 Å². The van der Waals surface area contributed by atoms with Crippen molar-refractivity contribution in [1.82, 2.24) is 0 Å². The lowest BCUT2D eigenvalue weighted by Gasteiger charge is -2.02. The van der Waals surface area contributed by atoms with E-state index < -0.39 is 0 Å². The van der Waals surface area contributed by atoms with Gasteiger partial charge in [-0.15, -0.1) is 23.1 Å². The third-order valence-corrected chi connectivity index (χ3v) is 5.20. The van der Waals surface area contributed by atoms with Crippen LogP contribution in [0.25, 0.3) is 10.8 Å².